The van der Waals surface area contributed by atoms with Crippen LogP contribution in [0.5, 0.6) is 17.2 Å². The Bertz CT molecular complexity index is 923. The molecule has 1 saturated heterocycles. The normalized spacial score (nSPS) is 14.8. The van der Waals surface area contributed by atoms with Gasteiger partial charge < -0.3 is 15.2 Å². The van der Waals surface area contributed by atoms with Gasteiger partial charge in [0.2, 0.25) is 0 Å². The summed E-state index contributed by atoms with van der Waals surface area (Å²) in [7, 11) is 0. The Labute approximate surface area is 198 Å². The molecule has 0 aromatic heterocycles. The molecular formula is C27H35ClN2O2. The van der Waals surface area contributed by atoms with E-state index in [0.29, 0.717) is 18.5 Å². The van der Waals surface area contributed by atoms with Crippen LogP contribution >= 0.6 is 11.6 Å². The van der Waals surface area contributed by atoms with Crippen LogP contribution in [0.2, 0.25) is 0 Å². The molecule has 0 atom stereocenters. The van der Waals surface area contributed by atoms with Gasteiger partial charge >= 0.3 is 0 Å². The molecule has 0 saturated carbocycles. The molecule has 0 spiro atoms. The maximum atomic E-state index is 6.21. The average molecular weight is 455 g/mol. The monoisotopic (exact) mass is 454 g/mol. The lowest BCUT2D eigenvalue weighted by atomic mass is 10.0. The number of nitrogens with two attached hydrogens (primary N) is 1. The SMILES string of the molecule is CCc1cc(Oc2ccc(CN3CCC(N)CC3)cc2)cc(C#CC(C)C)c1OCCCl. The van der Waals surface area contributed by atoms with E-state index in [1.54, 1.807) is 0 Å². The first-order valence-electron chi connectivity index (χ1n) is 11.6. The minimum Gasteiger partial charge on any atom is -0.491 e. The molecule has 0 radical (unpaired) electrons. The highest BCUT2D eigenvalue weighted by atomic mass is 35.5. The fourth-order valence-electron chi connectivity index (χ4n) is 3.78. The molecule has 2 N–H and O–H groups in total. The first-order chi connectivity index (χ1) is 15.5. The quantitative estimate of drug-likeness (QED) is 0.417. The topological polar surface area (TPSA) is 47.7 Å². The van der Waals surface area contributed by atoms with Crippen LogP contribution in [0.4, 0.5) is 0 Å². The number of ether oxygens (including phenoxy) is 2. The number of hydrogen-bond donors (Lipinski definition) is 1. The lowest BCUT2D eigenvalue weighted by Gasteiger charge is -2.30. The Morgan fingerprint density at radius 1 is 1.12 bits per heavy atom. The summed E-state index contributed by atoms with van der Waals surface area (Å²) in [6.07, 6.45) is 2.98. The van der Waals surface area contributed by atoms with Crippen molar-refractivity contribution in [1.29, 1.82) is 0 Å². The molecule has 2 aromatic carbocycles. The van der Waals surface area contributed by atoms with E-state index < -0.39 is 0 Å². The van der Waals surface area contributed by atoms with E-state index in [0.717, 1.165) is 67.3 Å². The first-order valence-corrected chi connectivity index (χ1v) is 12.1. The zero-order chi connectivity index (χ0) is 22.9. The first kappa shape index (κ1) is 24.5. The van der Waals surface area contributed by atoms with Crippen molar-refractivity contribution in [3.05, 3.63) is 53.1 Å². The van der Waals surface area contributed by atoms with Crippen molar-refractivity contribution < 1.29 is 9.47 Å². The summed E-state index contributed by atoms with van der Waals surface area (Å²) in [5.74, 6) is 9.61. The molecule has 0 aliphatic carbocycles. The van der Waals surface area contributed by atoms with E-state index in [-0.39, 0.29) is 5.92 Å². The number of hydrogen-bond acceptors (Lipinski definition) is 4. The number of piperidine rings is 1. The van der Waals surface area contributed by atoms with E-state index in [1.807, 2.05) is 24.3 Å². The molecule has 2 aromatic rings. The summed E-state index contributed by atoms with van der Waals surface area (Å²) in [5.41, 5.74) is 9.22. The maximum Gasteiger partial charge on any atom is 0.138 e. The highest BCUT2D eigenvalue weighted by Crippen LogP contribution is 2.32. The second-order valence-electron chi connectivity index (χ2n) is 8.63. The molecule has 4 nitrogen and oxygen atoms in total. The number of alkyl halides is 1. The molecule has 5 heteroatoms. The Morgan fingerprint density at radius 3 is 2.47 bits per heavy atom. The molecule has 1 heterocycles. The highest BCUT2D eigenvalue weighted by Gasteiger charge is 2.16. The molecule has 32 heavy (non-hydrogen) atoms. The van der Waals surface area contributed by atoms with Crippen LogP contribution in [0.3, 0.4) is 0 Å². The molecule has 1 aliphatic heterocycles. The Hall–Kier alpha value is -2.19. The number of nitrogens with zero attached hydrogens (tertiary/aromatic N) is 1. The third-order valence-electron chi connectivity index (χ3n) is 5.54. The number of aryl methyl sites for hydroxylation is 1. The Morgan fingerprint density at radius 2 is 1.84 bits per heavy atom. The number of likely N-dealkylation sites (tertiary alicyclic amines) is 1. The van der Waals surface area contributed by atoms with Gasteiger partial charge in [-0.15, -0.1) is 11.6 Å². The molecular weight excluding hydrogens is 420 g/mol. The lowest BCUT2D eigenvalue weighted by molar-refractivity contribution is 0.205. The Kier molecular flexibility index (Phi) is 9.29. The second kappa shape index (κ2) is 12.2. The van der Waals surface area contributed by atoms with Gasteiger partial charge in [0, 0.05) is 24.6 Å². The molecule has 172 valence electrons. The van der Waals surface area contributed by atoms with Crippen molar-refractivity contribution in [3.8, 4) is 29.1 Å². The number of benzene rings is 2. The summed E-state index contributed by atoms with van der Waals surface area (Å²) in [6, 6.07) is 12.7. The summed E-state index contributed by atoms with van der Waals surface area (Å²) in [4.78, 5) is 2.46. The van der Waals surface area contributed by atoms with Crippen LogP contribution in [0.1, 0.15) is 50.3 Å². The van der Waals surface area contributed by atoms with E-state index in [9.17, 15) is 0 Å². The summed E-state index contributed by atoms with van der Waals surface area (Å²) < 4.78 is 12.1. The van der Waals surface area contributed by atoms with E-state index >= 15 is 0 Å². The minimum absolute atomic E-state index is 0.272. The average Bonchev–Trinajstić information content (AvgIpc) is 2.79. The summed E-state index contributed by atoms with van der Waals surface area (Å²) in [6.45, 7) is 9.80. The van der Waals surface area contributed by atoms with Gasteiger partial charge in [-0.3, -0.25) is 4.90 Å². The van der Waals surface area contributed by atoms with Crippen molar-refractivity contribution in [1.82, 2.24) is 4.90 Å². The van der Waals surface area contributed by atoms with Crippen LogP contribution in [-0.4, -0.2) is 36.5 Å². The van der Waals surface area contributed by atoms with Crippen molar-refractivity contribution in [2.45, 2.75) is 52.6 Å². The molecule has 1 fully saturated rings. The highest BCUT2D eigenvalue weighted by molar-refractivity contribution is 6.18. The van der Waals surface area contributed by atoms with Crippen LogP contribution in [0.15, 0.2) is 36.4 Å². The number of rotatable bonds is 8. The van der Waals surface area contributed by atoms with Gasteiger partial charge in [0.05, 0.1) is 11.4 Å². The molecule has 0 bridgehead atoms. The minimum atomic E-state index is 0.272. The van der Waals surface area contributed by atoms with Gasteiger partial charge in [-0.1, -0.05) is 44.7 Å². The van der Waals surface area contributed by atoms with Crippen LogP contribution in [0.25, 0.3) is 0 Å². The molecule has 0 amide bonds. The molecule has 0 unspecified atom stereocenters. The zero-order valence-electron chi connectivity index (χ0n) is 19.5. The van der Waals surface area contributed by atoms with Crippen LogP contribution in [0, 0.1) is 17.8 Å². The van der Waals surface area contributed by atoms with Crippen molar-refractivity contribution in [3.63, 3.8) is 0 Å². The van der Waals surface area contributed by atoms with E-state index in [4.69, 9.17) is 26.8 Å². The van der Waals surface area contributed by atoms with Crippen molar-refractivity contribution in [2.24, 2.45) is 11.7 Å². The van der Waals surface area contributed by atoms with Gasteiger partial charge in [-0.05, 0) is 61.7 Å². The van der Waals surface area contributed by atoms with Crippen LogP contribution in [-0.2, 0) is 13.0 Å². The zero-order valence-corrected chi connectivity index (χ0v) is 20.3. The third-order valence-corrected chi connectivity index (χ3v) is 5.69. The number of halogens is 1. The van der Waals surface area contributed by atoms with Crippen molar-refractivity contribution >= 4 is 11.6 Å². The predicted octanol–water partition coefficient (Wildman–Crippen LogP) is 5.59. The van der Waals surface area contributed by atoms with Gasteiger partial charge in [0.1, 0.15) is 23.9 Å². The Balaban J connectivity index is 1.75. The third kappa shape index (κ3) is 7.17. The summed E-state index contributed by atoms with van der Waals surface area (Å²) >= 11 is 5.85. The van der Waals surface area contributed by atoms with Gasteiger partial charge in [-0.25, -0.2) is 0 Å². The second-order valence-corrected chi connectivity index (χ2v) is 9.01. The smallest absolute Gasteiger partial charge is 0.138 e. The fourth-order valence-corrected chi connectivity index (χ4v) is 3.85. The predicted molar refractivity (Wildman–Crippen MR) is 133 cm³/mol. The fraction of sp³-hybridized carbons (Fsp3) is 0.481. The molecule has 1 aliphatic rings. The van der Waals surface area contributed by atoms with Crippen LogP contribution < -0.4 is 15.2 Å². The largest absolute Gasteiger partial charge is 0.491 e. The molecule has 3 rings (SSSR count). The van der Waals surface area contributed by atoms with Gasteiger partial charge in [0.25, 0.3) is 0 Å². The lowest BCUT2D eigenvalue weighted by Crippen LogP contribution is -2.39. The van der Waals surface area contributed by atoms with E-state index in [1.165, 1.54) is 5.56 Å². The van der Waals surface area contributed by atoms with Gasteiger partial charge in [-0.2, -0.15) is 0 Å². The van der Waals surface area contributed by atoms with E-state index in [2.05, 4.69) is 49.6 Å². The maximum absolute atomic E-state index is 6.21. The standard InChI is InChI=1S/C27H35ClN2O2/c1-4-22-17-26(18-23(8-5-20(2)3)27(22)31-16-13-28)32-25-9-6-21(7-10-25)19-30-14-11-24(29)12-15-30/h6-7,9-10,17-18,20,24H,4,11-16,19,29H2,1-3H3. The van der Waals surface area contributed by atoms with Gasteiger partial charge in [0.15, 0.2) is 0 Å². The van der Waals surface area contributed by atoms with Crippen molar-refractivity contribution in [2.75, 3.05) is 25.6 Å². The summed E-state index contributed by atoms with van der Waals surface area (Å²) in [5, 5.41) is 0.